The van der Waals surface area contributed by atoms with Gasteiger partial charge in [-0.3, -0.25) is 0 Å². The Kier molecular flexibility index (Phi) is 5.18. The van der Waals surface area contributed by atoms with Crippen molar-refractivity contribution in [3.05, 3.63) is 60.8 Å². The Balaban J connectivity index is 1.56. The number of thiazole rings is 1. The van der Waals surface area contributed by atoms with Crippen molar-refractivity contribution in [3.63, 3.8) is 0 Å². The lowest BCUT2D eigenvalue weighted by Crippen LogP contribution is -2.19. The second-order valence-corrected chi connectivity index (χ2v) is 7.35. The topological polar surface area (TPSA) is 81.3 Å². The van der Waals surface area contributed by atoms with Crippen LogP contribution in [0, 0.1) is 0 Å². The molecule has 7 heteroatoms. The molecule has 0 aliphatic rings. The summed E-state index contributed by atoms with van der Waals surface area (Å²) in [5, 5.41) is 10.2. The highest BCUT2D eigenvalue weighted by atomic mass is 32.1. The van der Waals surface area contributed by atoms with Gasteiger partial charge >= 0.3 is 0 Å². The predicted molar refractivity (Wildman–Crippen MR) is 110 cm³/mol. The number of hydrogen-bond acceptors (Lipinski definition) is 6. The van der Waals surface area contributed by atoms with Crippen molar-refractivity contribution in [3.8, 4) is 27.4 Å². The minimum Gasteiger partial charge on any atom is -0.491 e. The Morgan fingerprint density at radius 1 is 1.04 bits per heavy atom. The van der Waals surface area contributed by atoms with E-state index in [1.807, 2.05) is 42.5 Å². The van der Waals surface area contributed by atoms with Crippen molar-refractivity contribution in [2.24, 2.45) is 0 Å². The minimum atomic E-state index is -1.11. The van der Waals surface area contributed by atoms with E-state index in [1.54, 1.807) is 29.7 Å². The molecule has 1 atom stereocenters. The second-order valence-electron chi connectivity index (χ2n) is 6.32. The largest absolute Gasteiger partial charge is 0.491 e. The number of pyridine rings is 1. The molecule has 3 N–H and O–H groups in total. The highest BCUT2D eigenvalue weighted by molar-refractivity contribution is 7.21. The Labute approximate surface area is 165 Å². The molecule has 4 aromatic rings. The van der Waals surface area contributed by atoms with E-state index in [-0.39, 0.29) is 6.61 Å². The number of aliphatic hydroxyl groups excluding tert-OH is 1. The Hall–Kier alpha value is -3.03. The standard InChI is InChI=1S/C21H18FN3O2S/c22-10-16(26)12-27-17-6-7-18-19(9-17)28-21(25-18)14-3-1-13(2-4-14)15-5-8-20(23)24-11-15/h1-9,11,16,26H,10,12H2,(H2,23,24). The maximum absolute atomic E-state index is 12.3. The summed E-state index contributed by atoms with van der Waals surface area (Å²) in [4.78, 5) is 8.80. The van der Waals surface area contributed by atoms with Crippen LogP contribution in [0.15, 0.2) is 60.8 Å². The van der Waals surface area contributed by atoms with E-state index in [4.69, 9.17) is 10.5 Å². The van der Waals surface area contributed by atoms with Gasteiger partial charge in [-0.2, -0.15) is 0 Å². The lowest BCUT2D eigenvalue weighted by molar-refractivity contribution is 0.0842. The summed E-state index contributed by atoms with van der Waals surface area (Å²) in [5.41, 5.74) is 9.58. The third-order valence-corrected chi connectivity index (χ3v) is 5.30. The number of nitrogens with zero attached hydrogens (tertiary/aromatic N) is 2. The van der Waals surface area contributed by atoms with Gasteiger partial charge in [0.2, 0.25) is 0 Å². The normalized spacial score (nSPS) is 12.2. The summed E-state index contributed by atoms with van der Waals surface area (Å²) in [6, 6.07) is 17.3. The zero-order valence-electron chi connectivity index (χ0n) is 14.9. The molecule has 0 fully saturated rings. The molecule has 0 amide bonds. The first kappa shape index (κ1) is 18.3. The van der Waals surface area contributed by atoms with Gasteiger partial charge in [-0.1, -0.05) is 24.3 Å². The Morgan fingerprint density at radius 3 is 2.50 bits per heavy atom. The van der Waals surface area contributed by atoms with Crippen molar-refractivity contribution in [2.75, 3.05) is 19.0 Å². The smallest absolute Gasteiger partial charge is 0.124 e. The van der Waals surface area contributed by atoms with Crippen LogP contribution >= 0.6 is 11.3 Å². The molecular weight excluding hydrogens is 377 g/mol. The number of nitrogens with two attached hydrogens (primary N) is 1. The summed E-state index contributed by atoms with van der Waals surface area (Å²) < 4.78 is 18.7. The molecule has 0 aliphatic heterocycles. The van der Waals surface area contributed by atoms with Crippen molar-refractivity contribution in [1.82, 2.24) is 9.97 Å². The number of alkyl halides is 1. The summed E-state index contributed by atoms with van der Waals surface area (Å²) >= 11 is 1.55. The highest BCUT2D eigenvalue weighted by Gasteiger charge is 2.09. The lowest BCUT2D eigenvalue weighted by atomic mass is 10.1. The van der Waals surface area contributed by atoms with Crippen LogP contribution in [0.3, 0.4) is 0 Å². The minimum absolute atomic E-state index is 0.0743. The van der Waals surface area contributed by atoms with E-state index in [1.165, 1.54) is 0 Å². The highest BCUT2D eigenvalue weighted by Crippen LogP contribution is 2.33. The lowest BCUT2D eigenvalue weighted by Gasteiger charge is -2.08. The van der Waals surface area contributed by atoms with E-state index >= 15 is 0 Å². The molecular formula is C21H18FN3O2S. The summed E-state index contributed by atoms with van der Waals surface area (Å²) in [6.07, 6.45) is 0.645. The maximum atomic E-state index is 12.3. The molecule has 0 spiro atoms. The van der Waals surface area contributed by atoms with Crippen LogP contribution in [0.25, 0.3) is 31.9 Å². The van der Waals surface area contributed by atoms with Gasteiger partial charge in [0.05, 0.1) is 10.2 Å². The number of ether oxygens (including phenoxy) is 1. The average molecular weight is 395 g/mol. The first-order chi connectivity index (χ1) is 13.6. The molecule has 2 heterocycles. The van der Waals surface area contributed by atoms with Crippen molar-refractivity contribution in [2.45, 2.75) is 6.10 Å². The number of nitrogen functional groups attached to an aromatic ring is 1. The number of fused-ring (bicyclic) bond motifs is 1. The molecule has 2 aromatic carbocycles. The molecule has 0 saturated carbocycles. The fourth-order valence-electron chi connectivity index (χ4n) is 2.74. The molecule has 0 radical (unpaired) electrons. The van der Waals surface area contributed by atoms with Gasteiger partial charge in [-0.25, -0.2) is 14.4 Å². The third-order valence-electron chi connectivity index (χ3n) is 4.23. The van der Waals surface area contributed by atoms with E-state index < -0.39 is 12.8 Å². The second kappa shape index (κ2) is 7.92. The van der Waals surface area contributed by atoms with Crippen LogP contribution in [-0.2, 0) is 0 Å². The van der Waals surface area contributed by atoms with Gasteiger partial charge in [0, 0.05) is 17.3 Å². The Bertz CT molecular complexity index is 1080. The van der Waals surface area contributed by atoms with Crippen LogP contribution < -0.4 is 10.5 Å². The van der Waals surface area contributed by atoms with Crippen LogP contribution in [-0.4, -0.2) is 34.5 Å². The number of benzene rings is 2. The van der Waals surface area contributed by atoms with E-state index in [0.29, 0.717) is 11.6 Å². The van der Waals surface area contributed by atoms with Crippen molar-refractivity contribution < 1.29 is 14.2 Å². The first-order valence-corrected chi connectivity index (χ1v) is 9.54. The zero-order chi connectivity index (χ0) is 19.5. The van der Waals surface area contributed by atoms with Gasteiger partial charge < -0.3 is 15.6 Å². The summed E-state index contributed by atoms with van der Waals surface area (Å²) in [6.45, 7) is -0.898. The van der Waals surface area contributed by atoms with Gasteiger partial charge in [0.25, 0.3) is 0 Å². The number of hydrogen-bond donors (Lipinski definition) is 2. The zero-order valence-corrected chi connectivity index (χ0v) is 15.7. The van der Waals surface area contributed by atoms with Gasteiger partial charge in [-0.05, 0) is 35.9 Å². The van der Waals surface area contributed by atoms with Crippen LogP contribution in [0.4, 0.5) is 10.2 Å². The van der Waals surface area contributed by atoms with Crippen molar-refractivity contribution in [1.29, 1.82) is 0 Å². The summed E-state index contributed by atoms with van der Waals surface area (Å²) in [5.74, 6) is 1.08. The molecule has 2 aromatic heterocycles. The average Bonchev–Trinajstić information content (AvgIpc) is 3.16. The summed E-state index contributed by atoms with van der Waals surface area (Å²) in [7, 11) is 0. The molecule has 0 saturated heterocycles. The molecule has 1 unspecified atom stereocenters. The quantitative estimate of drug-likeness (QED) is 0.508. The van der Waals surface area contributed by atoms with Gasteiger partial charge in [-0.15, -0.1) is 11.3 Å². The Morgan fingerprint density at radius 2 is 1.79 bits per heavy atom. The SMILES string of the molecule is Nc1ccc(-c2ccc(-c3nc4ccc(OCC(O)CF)cc4s3)cc2)cn1. The van der Waals surface area contributed by atoms with Crippen LogP contribution in [0.5, 0.6) is 5.75 Å². The molecule has 0 aliphatic carbocycles. The number of anilines is 1. The van der Waals surface area contributed by atoms with Gasteiger partial charge in [0.15, 0.2) is 0 Å². The fraction of sp³-hybridized carbons (Fsp3) is 0.143. The third kappa shape index (κ3) is 3.95. The number of halogens is 1. The van der Waals surface area contributed by atoms with Crippen LogP contribution in [0.1, 0.15) is 0 Å². The van der Waals surface area contributed by atoms with Crippen molar-refractivity contribution >= 4 is 27.4 Å². The number of aromatic nitrogens is 2. The molecule has 0 bridgehead atoms. The monoisotopic (exact) mass is 395 g/mol. The molecule has 4 rings (SSSR count). The van der Waals surface area contributed by atoms with Crippen LogP contribution in [0.2, 0.25) is 0 Å². The van der Waals surface area contributed by atoms with Gasteiger partial charge in [0.1, 0.15) is 36.0 Å². The molecule has 5 nitrogen and oxygen atoms in total. The predicted octanol–water partition coefficient (Wildman–Crippen LogP) is 4.32. The first-order valence-electron chi connectivity index (χ1n) is 8.72. The van der Waals surface area contributed by atoms with E-state index in [9.17, 15) is 9.50 Å². The number of aliphatic hydroxyl groups is 1. The molecule has 142 valence electrons. The van der Waals surface area contributed by atoms with E-state index in [2.05, 4.69) is 9.97 Å². The fourth-order valence-corrected chi connectivity index (χ4v) is 3.74. The maximum Gasteiger partial charge on any atom is 0.124 e. The number of rotatable bonds is 6. The molecule has 28 heavy (non-hydrogen) atoms. The van der Waals surface area contributed by atoms with E-state index in [0.717, 1.165) is 31.9 Å².